The molecule has 29 heavy (non-hydrogen) atoms. The van der Waals surface area contributed by atoms with Crippen LogP contribution in [0.15, 0.2) is 73.1 Å². The number of ether oxygens (including phenoxy) is 1. The van der Waals surface area contributed by atoms with Crippen molar-refractivity contribution < 1.29 is 9.53 Å². The summed E-state index contributed by atoms with van der Waals surface area (Å²) in [5.74, 6) is 0.706. The molecule has 1 fully saturated rings. The molecule has 4 nitrogen and oxygen atoms in total. The van der Waals surface area contributed by atoms with Gasteiger partial charge in [0.15, 0.2) is 5.78 Å². The molecule has 0 N–H and O–H groups in total. The molecule has 0 unspecified atom stereocenters. The molecule has 0 aliphatic carbocycles. The number of hydrogen-bond donors (Lipinski definition) is 0. The summed E-state index contributed by atoms with van der Waals surface area (Å²) < 4.78 is 6.06. The van der Waals surface area contributed by atoms with E-state index in [0.717, 1.165) is 36.3 Å². The number of hydrogen-bond acceptors (Lipinski definition) is 4. The Morgan fingerprint density at radius 2 is 1.72 bits per heavy atom. The quantitative estimate of drug-likeness (QED) is 0.527. The predicted octanol–water partition coefficient (Wildman–Crippen LogP) is 4.68. The highest BCUT2D eigenvalue weighted by Crippen LogP contribution is 2.25. The fourth-order valence-electron chi connectivity index (χ4n) is 3.74. The number of benzene rings is 2. The molecule has 0 saturated carbocycles. The lowest BCUT2D eigenvalue weighted by molar-refractivity contribution is 0.0988. The van der Waals surface area contributed by atoms with Crippen LogP contribution in [-0.4, -0.2) is 28.8 Å². The standard InChI is InChI=1S/C25H26N2O2/c28-24(16-21-9-6-12-26-17-21)23-15-22(18-27-13-4-5-14-27)10-11-25(23)29-19-20-7-2-1-3-8-20/h1-3,6-12,15,17H,4-5,13-14,16,18-19H2. The summed E-state index contributed by atoms with van der Waals surface area (Å²) in [5.41, 5.74) is 3.81. The van der Waals surface area contributed by atoms with Crippen molar-refractivity contribution >= 4 is 5.78 Å². The maximum absolute atomic E-state index is 13.1. The smallest absolute Gasteiger partial charge is 0.171 e. The van der Waals surface area contributed by atoms with Gasteiger partial charge < -0.3 is 4.74 Å². The van der Waals surface area contributed by atoms with E-state index < -0.39 is 0 Å². The molecule has 3 aromatic rings. The highest BCUT2D eigenvalue weighted by atomic mass is 16.5. The molecule has 148 valence electrons. The van der Waals surface area contributed by atoms with Crippen LogP contribution in [0.2, 0.25) is 0 Å². The molecule has 0 atom stereocenters. The Bertz CT molecular complexity index is 936. The molecular weight excluding hydrogens is 360 g/mol. The van der Waals surface area contributed by atoms with Crippen LogP contribution in [-0.2, 0) is 19.6 Å². The fraction of sp³-hybridized carbons (Fsp3) is 0.280. The number of carbonyl (C=O) groups is 1. The number of ketones is 1. The van der Waals surface area contributed by atoms with Crippen LogP contribution in [0.3, 0.4) is 0 Å². The van der Waals surface area contributed by atoms with E-state index in [9.17, 15) is 4.79 Å². The minimum Gasteiger partial charge on any atom is -0.488 e. The maximum Gasteiger partial charge on any atom is 0.171 e. The Morgan fingerprint density at radius 3 is 2.48 bits per heavy atom. The minimum absolute atomic E-state index is 0.0596. The minimum atomic E-state index is 0.0596. The van der Waals surface area contributed by atoms with Gasteiger partial charge >= 0.3 is 0 Å². The third kappa shape index (κ3) is 5.30. The van der Waals surface area contributed by atoms with Gasteiger partial charge in [-0.05, 0) is 60.8 Å². The van der Waals surface area contributed by atoms with Crippen molar-refractivity contribution in [2.45, 2.75) is 32.4 Å². The Labute approximate surface area is 172 Å². The predicted molar refractivity (Wildman–Crippen MR) is 114 cm³/mol. The first-order valence-corrected chi connectivity index (χ1v) is 10.2. The summed E-state index contributed by atoms with van der Waals surface area (Å²) in [6, 6.07) is 19.9. The summed E-state index contributed by atoms with van der Waals surface area (Å²) in [5, 5.41) is 0. The molecule has 2 heterocycles. The number of pyridine rings is 1. The second-order valence-corrected chi connectivity index (χ2v) is 7.55. The van der Waals surface area contributed by atoms with Crippen LogP contribution in [0.1, 0.15) is 39.9 Å². The molecule has 0 spiro atoms. The summed E-state index contributed by atoms with van der Waals surface area (Å²) in [7, 11) is 0. The molecule has 0 bridgehead atoms. The second kappa shape index (κ2) is 9.48. The Balaban J connectivity index is 1.55. The van der Waals surface area contributed by atoms with E-state index in [1.165, 1.54) is 12.8 Å². The zero-order valence-corrected chi connectivity index (χ0v) is 16.6. The van der Waals surface area contributed by atoms with Gasteiger partial charge in [0.1, 0.15) is 12.4 Å². The SMILES string of the molecule is O=C(Cc1cccnc1)c1cc(CN2CCCC2)ccc1OCc1ccccc1. The van der Waals surface area contributed by atoms with Crippen molar-refractivity contribution in [3.63, 3.8) is 0 Å². The average molecular weight is 386 g/mol. The normalized spacial score (nSPS) is 14.1. The number of Topliss-reactive ketones (excluding diaryl/α,β-unsaturated/α-hetero) is 1. The van der Waals surface area contributed by atoms with Gasteiger partial charge in [0.25, 0.3) is 0 Å². The number of likely N-dealkylation sites (tertiary alicyclic amines) is 1. The number of nitrogens with zero attached hydrogens (tertiary/aromatic N) is 2. The highest BCUT2D eigenvalue weighted by molar-refractivity contribution is 6.00. The van der Waals surface area contributed by atoms with Gasteiger partial charge in [-0.15, -0.1) is 0 Å². The lowest BCUT2D eigenvalue weighted by Gasteiger charge is -2.17. The lowest BCUT2D eigenvalue weighted by atomic mass is 10.0. The van der Waals surface area contributed by atoms with Crippen molar-refractivity contribution in [2.24, 2.45) is 0 Å². The molecule has 2 aromatic carbocycles. The fourth-order valence-corrected chi connectivity index (χ4v) is 3.74. The number of rotatable bonds is 8. The van der Waals surface area contributed by atoms with E-state index >= 15 is 0 Å². The van der Waals surface area contributed by atoms with Crippen LogP contribution in [0.5, 0.6) is 5.75 Å². The van der Waals surface area contributed by atoms with E-state index in [4.69, 9.17) is 4.74 Å². The van der Waals surface area contributed by atoms with Gasteiger partial charge in [0.2, 0.25) is 0 Å². The topological polar surface area (TPSA) is 42.4 Å². The van der Waals surface area contributed by atoms with Crippen LogP contribution in [0.4, 0.5) is 0 Å². The molecule has 0 radical (unpaired) electrons. The van der Waals surface area contributed by atoms with Gasteiger partial charge in [-0.2, -0.15) is 0 Å². The first kappa shape index (κ1) is 19.3. The average Bonchev–Trinajstić information content (AvgIpc) is 3.27. The van der Waals surface area contributed by atoms with Crippen molar-refractivity contribution in [3.8, 4) is 5.75 Å². The Hall–Kier alpha value is -2.98. The summed E-state index contributed by atoms with van der Waals surface area (Å²) in [4.78, 5) is 19.7. The largest absolute Gasteiger partial charge is 0.488 e. The molecule has 1 aromatic heterocycles. The first-order chi connectivity index (χ1) is 14.3. The summed E-state index contributed by atoms with van der Waals surface area (Å²) in [6.07, 6.45) is 6.30. The monoisotopic (exact) mass is 386 g/mol. The van der Waals surface area contributed by atoms with Gasteiger partial charge in [0, 0.05) is 25.4 Å². The molecule has 4 heteroatoms. The molecule has 1 aliphatic rings. The van der Waals surface area contributed by atoms with E-state index in [0.29, 0.717) is 24.3 Å². The molecule has 4 rings (SSSR count). The summed E-state index contributed by atoms with van der Waals surface area (Å²) in [6.45, 7) is 3.59. The zero-order chi connectivity index (χ0) is 19.9. The van der Waals surface area contributed by atoms with Crippen LogP contribution in [0, 0.1) is 0 Å². The highest BCUT2D eigenvalue weighted by Gasteiger charge is 2.17. The summed E-state index contributed by atoms with van der Waals surface area (Å²) >= 11 is 0. The van der Waals surface area contributed by atoms with Crippen molar-refractivity contribution in [2.75, 3.05) is 13.1 Å². The van der Waals surface area contributed by atoms with Crippen molar-refractivity contribution in [3.05, 3.63) is 95.3 Å². The van der Waals surface area contributed by atoms with Crippen molar-refractivity contribution in [1.29, 1.82) is 0 Å². The third-order valence-corrected chi connectivity index (χ3v) is 5.27. The van der Waals surface area contributed by atoms with Gasteiger partial charge in [-0.1, -0.05) is 42.5 Å². The van der Waals surface area contributed by atoms with E-state index in [-0.39, 0.29) is 5.78 Å². The van der Waals surface area contributed by atoms with Gasteiger partial charge in [-0.25, -0.2) is 0 Å². The molecule has 1 aliphatic heterocycles. The Kier molecular flexibility index (Phi) is 6.32. The third-order valence-electron chi connectivity index (χ3n) is 5.27. The van der Waals surface area contributed by atoms with E-state index in [2.05, 4.69) is 16.0 Å². The number of aromatic nitrogens is 1. The molecule has 1 saturated heterocycles. The van der Waals surface area contributed by atoms with Gasteiger partial charge in [0.05, 0.1) is 5.56 Å². The zero-order valence-electron chi connectivity index (χ0n) is 16.6. The van der Waals surface area contributed by atoms with Crippen LogP contribution in [0.25, 0.3) is 0 Å². The second-order valence-electron chi connectivity index (χ2n) is 7.55. The van der Waals surface area contributed by atoms with Crippen molar-refractivity contribution in [1.82, 2.24) is 9.88 Å². The Morgan fingerprint density at radius 1 is 0.931 bits per heavy atom. The molecule has 0 amide bonds. The maximum atomic E-state index is 13.1. The first-order valence-electron chi connectivity index (χ1n) is 10.2. The number of carbonyl (C=O) groups excluding carboxylic acids is 1. The molecular formula is C25H26N2O2. The van der Waals surface area contributed by atoms with Crippen LogP contribution < -0.4 is 4.74 Å². The van der Waals surface area contributed by atoms with Crippen LogP contribution >= 0.6 is 0 Å². The van der Waals surface area contributed by atoms with E-state index in [1.54, 1.807) is 12.4 Å². The lowest BCUT2D eigenvalue weighted by Crippen LogP contribution is -2.18. The van der Waals surface area contributed by atoms with E-state index in [1.807, 2.05) is 54.6 Å². The van der Waals surface area contributed by atoms with Gasteiger partial charge in [-0.3, -0.25) is 14.7 Å².